The van der Waals surface area contributed by atoms with Crippen molar-refractivity contribution in [2.75, 3.05) is 10.6 Å². The van der Waals surface area contributed by atoms with Crippen molar-refractivity contribution in [1.29, 1.82) is 0 Å². The molecular weight excluding hydrogens is 411 g/mol. The minimum absolute atomic E-state index is 0.450. The van der Waals surface area contributed by atoms with Gasteiger partial charge >= 0.3 is 0 Å². The summed E-state index contributed by atoms with van der Waals surface area (Å²) in [7, 11) is 0. The second-order valence-corrected chi connectivity index (χ2v) is 7.25. The minimum atomic E-state index is 0.450. The molecule has 2 N–H and O–H groups in total. The van der Waals surface area contributed by atoms with Gasteiger partial charge in [-0.15, -0.1) is 0 Å². The first-order valence-electron chi connectivity index (χ1n) is 7.72. The van der Waals surface area contributed by atoms with Gasteiger partial charge in [-0.05, 0) is 49.0 Å². The molecule has 0 radical (unpaired) electrons. The molecule has 0 fully saturated rings. The van der Waals surface area contributed by atoms with E-state index in [1.54, 1.807) is 23.0 Å². The molecule has 0 unspecified atom stereocenters. The monoisotopic (exact) mass is 424 g/mol. The topological polar surface area (TPSA) is 41.9 Å². The number of halogens is 3. The van der Waals surface area contributed by atoms with E-state index in [1.165, 1.54) is 0 Å². The maximum atomic E-state index is 6.21. The number of nitrogens with one attached hydrogen (secondary N) is 2. The lowest BCUT2D eigenvalue weighted by molar-refractivity contribution is 0.687. The van der Waals surface area contributed by atoms with Crippen molar-refractivity contribution in [3.8, 4) is 0 Å². The van der Waals surface area contributed by atoms with E-state index in [9.17, 15) is 0 Å². The molecule has 0 saturated heterocycles. The fraction of sp³-hybridized carbons (Fsp3) is 0.111. The lowest BCUT2D eigenvalue weighted by atomic mass is 10.2. The number of benzene rings is 2. The smallest absolute Gasteiger partial charge is 0.175 e. The molecule has 0 aliphatic heterocycles. The van der Waals surface area contributed by atoms with Crippen LogP contribution in [0.5, 0.6) is 0 Å². The van der Waals surface area contributed by atoms with Crippen LogP contribution in [0.4, 0.5) is 11.4 Å². The highest BCUT2D eigenvalue weighted by atomic mass is 35.5. The van der Waals surface area contributed by atoms with Crippen molar-refractivity contribution in [3.05, 3.63) is 75.0 Å². The van der Waals surface area contributed by atoms with E-state index >= 15 is 0 Å². The van der Waals surface area contributed by atoms with Crippen molar-refractivity contribution in [3.63, 3.8) is 0 Å². The summed E-state index contributed by atoms with van der Waals surface area (Å²) in [4.78, 5) is 0. The van der Waals surface area contributed by atoms with E-state index in [0.717, 1.165) is 22.5 Å². The zero-order valence-corrected chi connectivity index (χ0v) is 16.8. The third kappa shape index (κ3) is 4.48. The SMILES string of the molecule is Cc1c(Cl)cccc1NC(=S)Nc1cnn(Cc2c(Cl)cccc2Cl)c1. The molecule has 1 heterocycles. The van der Waals surface area contributed by atoms with Crippen LogP contribution in [0.2, 0.25) is 15.1 Å². The molecule has 134 valence electrons. The van der Waals surface area contributed by atoms with E-state index in [4.69, 9.17) is 47.0 Å². The lowest BCUT2D eigenvalue weighted by Crippen LogP contribution is -2.19. The standard InChI is InChI=1S/C18H15Cl3N4S/c1-11-14(19)4-3-7-17(11)24-18(26)23-12-8-22-25(9-12)10-13-15(20)5-2-6-16(13)21/h2-9H,10H2,1H3,(H2,23,24,26). The van der Waals surface area contributed by atoms with Gasteiger partial charge in [0.25, 0.3) is 0 Å². The van der Waals surface area contributed by atoms with E-state index in [2.05, 4.69) is 15.7 Å². The number of anilines is 2. The van der Waals surface area contributed by atoms with Crippen LogP contribution in [-0.2, 0) is 6.54 Å². The van der Waals surface area contributed by atoms with Gasteiger partial charge in [-0.1, -0.05) is 46.9 Å². The molecule has 3 rings (SSSR count). The molecule has 0 saturated carbocycles. The molecule has 1 aromatic heterocycles. The van der Waals surface area contributed by atoms with Crippen molar-refractivity contribution < 1.29 is 0 Å². The third-order valence-corrected chi connectivity index (χ3v) is 5.11. The van der Waals surface area contributed by atoms with Crippen LogP contribution in [0.25, 0.3) is 0 Å². The number of hydrogen-bond donors (Lipinski definition) is 2. The molecule has 2 aromatic carbocycles. The number of aromatic nitrogens is 2. The van der Waals surface area contributed by atoms with E-state index in [1.807, 2.05) is 37.4 Å². The number of hydrogen-bond acceptors (Lipinski definition) is 2. The Kier molecular flexibility index (Phi) is 6.04. The molecular formula is C18H15Cl3N4S. The molecule has 8 heteroatoms. The Hall–Kier alpha value is -1.79. The van der Waals surface area contributed by atoms with Gasteiger partial charge in [0.05, 0.1) is 18.4 Å². The zero-order chi connectivity index (χ0) is 18.7. The van der Waals surface area contributed by atoms with Gasteiger partial charge in [0, 0.05) is 32.5 Å². The first-order valence-corrected chi connectivity index (χ1v) is 9.26. The van der Waals surface area contributed by atoms with Gasteiger partial charge in [-0.25, -0.2) is 0 Å². The zero-order valence-electron chi connectivity index (χ0n) is 13.8. The molecule has 0 aliphatic rings. The highest BCUT2D eigenvalue weighted by Crippen LogP contribution is 2.25. The van der Waals surface area contributed by atoms with Gasteiger partial charge in [-0.2, -0.15) is 5.10 Å². The summed E-state index contributed by atoms with van der Waals surface area (Å²) >= 11 is 23.9. The summed E-state index contributed by atoms with van der Waals surface area (Å²) < 4.78 is 1.74. The highest BCUT2D eigenvalue weighted by Gasteiger charge is 2.09. The summed E-state index contributed by atoms with van der Waals surface area (Å²) in [6.07, 6.45) is 3.52. The number of rotatable bonds is 4. The lowest BCUT2D eigenvalue weighted by Gasteiger charge is -2.12. The Morgan fingerprint density at radius 1 is 1.04 bits per heavy atom. The summed E-state index contributed by atoms with van der Waals surface area (Å²) in [5.74, 6) is 0. The van der Waals surface area contributed by atoms with Crippen LogP contribution in [0.1, 0.15) is 11.1 Å². The molecule has 3 aromatic rings. The fourth-order valence-electron chi connectivity index (χ4n) is 2.39. The molecule has 4 nitrogen and oxygen atoms in total. The van der Waals surface area contributed by atoms with Gasteiger partial charge < -0.3 is 10.6 Å². The minimum Gasteiger partial charge on any atom is -0.332 e. The summed E-state index contributed by atoms with van der Waals surface area (Å²) in [6, 6.07) is 11.0. The first-order chi connectivity index (χ1) is 12.4. The van der Waals surface area contributed by atoms with Crippen LogP contribution in [-0.4, -0.2) is 14.9 Å². The summed E-state index contributed by atoms with van der Waals surface area (Å²) in [5, 5.41) is 12.9. The highest BCUT2D eigenvalue weighted by molar-refractivity contribution is 7.80. The molecule has 0 spiro atoms. The van der Waals surface area contributed by atoms with Crippen LogP contribution in [0, 0.1) is 6.92 Å². The summed E-state index contributed by atoms with van der Waals surface area (Å²) in [6.45, 7) is 2.40. The van der Waals surface area contributed by atoms with E-state index in [-0.39, 0.29) is 0 Å². The third-order valence-electron chi connectivity index (χ3n) is 3.79. The molecule has 0 atom stereocenters. The number of nitrogens with zero attached hydrogens (tertiary/aromatic N) is 2. The summed E-state index contributed by atoms with van der Waals surface area (Å²) in [5.41, 5.74) is 3.36. The number of thiocarbonyl (C=S) groups is 1. The normalized spacial score (nSPS) is 10.6. The maximum absolute atomic E-state index is 6.21. The first kappa shape index (κ1) is 19.0. The fourth-order valence-corrected chi connectivity index (χ4v) is 3.31. The van der Waals surface area contributed by atoms with E-state index in [0.29, 0.717) is 26.7 Å². The Balaban J connectivity index is 1.67. The molecule has 26 heavy (non-hydrogen) atoms. The quantitative estimate of drug-likeness (QED) is 0.502. The van der Waals surface area contributed by atoms with Crippen LogP contribution < -0.4 is 10.6 Å². The van der Waals surface area contributed by atoms with Crippen LogP contribution in [0.3, 0.4) is 0 Å². The molecule has 0 amide bonds. The largest absolute Gasteiger partial charge is 0.332 e. The average molecular weight is 426 g/mol. The predicted octanol–water partition coefficient (Wildman–Crippen LogP) is 6.01. The van der Waals surface area contributed by atoms with Crippen molar-refractivity contribution in [1.82, 2.24) is 9.78 Å². The van der Waals surface area contributed by atoms with Gasteiger partial charge in [0.15, 0.2) is 5.11 Å². The average Bonchev–Trinajstić information content (AvgIpc) is 3.02. The van der Waals surface area contributed by atoms with Crippen molar-refractivity contribution >= 4 is 63.5 Å². The Morgan fingerprint density at radius 3 is 2.42 bits per heavy atom. The maximum Gasteiger partial charge on any atom is 0.175 e. The van der Waals surface area contributed by atoms with Crippen LogP contribution in [0.15, 0.2) is 48.8 Å². The Morgan fingerprint density at radius 2 is 1.69 bits per heavy atom. The van der Waals surface area contributed by atoms with Crippen LogP contribution >= 0.6 is 47.0 Å². The second kappa shape index (κ2) is 8.27. The predicted molar refractivity (Wildman–Crippen MR) is 114 cm³/mol. The Labute approximate surface area is 172 Å². The van der Waals surface area contributed by atoms with Gasteiger partial charge in [-0.3, -0.25) is 4.68 Å². The Bertz CT molecular complexity index is 935. The second-order valence-electron chi connectivity index (χ2n) is 5.62. The van der Waals surface area contributed by atoms with E-state index < -0.39 is 0 Å². The van der Waals surface area contributed by atoms with Gasteiger partial charge in [0.1, 0.15) is 0 Å². The van der Waals surface area contributed by atoms with Gasteiger partial charge in [0.2, 0.25) is 0 Å². The molecule has 0 aliphatic carbocycles. The van der Waals surface area contributed by atoms with Crippen molar-refractivity contribution in [2.24, 2.45) is 0 Å². The molecule has 0 bridgehead atoms. The van der Waals surface area contributed by atoms with Crippen molar-refractivity contribution in [2.45, 2.75) is 13.5 Å².